The highest BCUT2D eigenvalue weighted by Crippen LogP contribution is 2.46. The molecule has 0 amide bonds. The van der Waals surface area contributed by atoms with E-state index in [1.54, 1.807) is 6.08 Å². The van der Waals surface area contributed by atoms with Crippen LogP contribution in [0, 0.1) is 11.8 Å². The lowest BCUT2D eigenvalue weighted by molar-refractivity contribution is -0.0793. The Morgan fingerprint density at radius 1 is 0.971 bits per heavy atom. The fourth-order valence-electron chi connectivity index (χ4n) is 5.67. The zero-order valence-electron chi connectivity index (χ0n) is 19.7. The van der Waals surface area contributed by atoms with Gasteiger partial charge in [-0.2, -0.15) is 0 Å². The van der Waals surface area contributed by atoms with E-state index < -0.39 is 0 Å². The van der Waals surface area contributed by atoms with Crippen LogP contribution in [0.5, 0.6) is 0 Å². The summed E-state index contributed by atoms with van der Waals surface area (Å²) in [5.41, 5.74) is 2.49. The van der Waals surface area contributed by atoms with Gasteiger partial charge in [-0.25, -0.2) is 14.8 Å². The number of fused-ring (bicyclic) bond motifs is 1. The molecule has 6 unspecified atom stereocenters. The number of hydrogen-bond acceptors (Lipinski definition) is 5. The monoisotopic (exact) mass is 458 g/mol. The van der Waals surface area contributed by atoms with E-state index >= 15 is 0 Å². The lowest BCUT2D eigenvalue weighted by atomic mass is 9.81. The third kappa shape index (κ3) is 6.20. The molecule has 1 aliphatic carbocycles. The van der Waals surface area contributed by atoms with Crippen molar-refractivity contribution in [2.24, 2.45) is 21.8 Å². The number of nitrogens with zero attached hydrogens (tertiary/aromatic N) is 2. The smallest absolute Gasteiger partial charge is 0.234 e. The SMILES string of the molecule is C=C=NCCC(CC1COC2C(OC(CCN=C=O)c3ccccc3)CCC12)c1ccccc1. The predicted octanol–water partition coefficient (Wildman–Crippen LogP) is 5.68. The molecule has 178 valence electrons. The average Bonchev–Trinajstić information content (AvgIpc) is 3.47. The van der Waals surface area contributed by atoms with Crippen LogP contribution in [0.2, 0.25) is 0 Å². The van der Waals surface area contributed by atoms with Gasteiger partial charge in [0.05, 0.1) is 31.5 Å². The van der Waals surface area contributed by atoms with E-state index in [1.165, 1.54) is 5.56 Å². The fraction of sp³-hybridized carbons (Fsp3) is 0.483. The van der Waals surface area contributed by atoms with Crippen LogP contribution in [0.1, 0.15) is 55.3 Å². The zero-order valence-corrected chi connectivity index (χ0v) is 19.7. The second-order valence-corrected chi connectivity index (χ2v) is 9.31. The molecule has 5 nitrogen and oxygen atoms in total. The van der Waals surface area contributed by atoms with Crippen molar-refractivity contribution in [1.82, 2.24) is 0 Å². The molecule has 2 aliphatic rings. The normalized spacial score (nSPS) is 25.1. The molecular formula is C29H34N2O3. The van der Waals surface area contributed by atoms with E-state index in [0.29, 0.717) is 30.7 Å². The van der Waals surface area contributed by atoms with Crippen molar-refractivity contribution in [3.05, 3.63) is 78.4 Å². The maximum Gasteiger partial charge on any atom is 0.234 e. The van der Waals surface area contributed by atoms with Crippen molar-refractivity contribution in [2.75, 3.05) is 19.7 Å². The van der Waals surface area contributed by atoms with Gasteiger partial charge in [0, 0.05) is 6.54 Å². The van der Waals surface area contributed by atoms with Crippen molar-refractivity contribution in [2.45, 2.75) is 56.3 Å². The highest BCUT2D eigenvalue weighted by molar-refractivity contribution is 5.46. The maximum absolute atomic E-state index is 10.6. The Hall–Kier alpha value is -2.81. The summed E-state index contributed by atoms with van der Waals surface area (Å²) in [6.45, 7) is 5.55. The molecule has 2 aromatic carbocycles. The number of hydrogen-bond donors (Lipinski definition) is 0. The molecule has 0 bridgehead atoms. The zero-order chi connectivity index (χ0) is 23.6. The molecule has 2 fully saturated rings. The van der Waals surface area contributed by atoms with Crippen molar-refractivity contribution in [3.8, 4) is 0 Å². The second kappa shape index (κ2) is 12.6. The summed E-state index contributed by atoms with van der Waals surface area (Å²) in [5.74, 6) is 4.15. The largest absolute Gasteiger partial charge is 0.375 e. The minimum absolute atomic E-state index is 0.0703. The molecule has 0 spiro atoms. The molecular weight excluding hydrogens is 424 g/mol. The van der Waals surface area contributed by atoms with E-state index in [0.717, 1.165) is 44.4 Å². The first-order chi connectivity index (χ1) is 16.8. The lowest BCUT2D eigenvalue weighted by Gasteiger charge is -2.26. The predicted molar refractivity (Wildman–Crippen MR) is 134 cm³/mol. The van der Waals surface area contributed by atoms with Gasteiger partial charge in [-0.15, -0.1) is 0 Å². The standard InChI is InChI=1S/C29H34N2O3/c1-2-30-17-15-24(22-9-5-3-6-10-22)19-25-20-33-29-26(25)13-14-28(29)34-27(16-18-31-21-32)23-11-7-4-8-12-23/h3-12,24-29H,1,13-20H2. The first kappa shape index (κ1) is 24.3. The Labute approximate surface area is 202 Å². The molecule has 0 N–H and O–H groups in total. The summed E-state index contributed by atoms with van der Waals surface area (Å²) in [6, 6.07) is 21.0. The number of benzene rings is 2. The third-order valence-corrected chi connectivity index (χ3v) is 7.32. The first-order valence-corrected chi connectivity index (χ1v) is 12.4. The Kier molecular flexibility index (Phi) is 9.01. The first-order valence-electron chi connectivity index (χ1n) is 12.4. The van der Waals surface area contributed by atoms with E-state index in [1.807, 2.05) is 18.2 Å². The van der Waals surface area contributed by atoms with Gasteiger partial charge in [0.15, 0.2) is 0 Å². The molecule has 4 rings (SSSR count). The van der Waals surface area contributed by atoms with Gasteiger partial charge in [-0.05, 0) is 73.4 Å². The Morgan fingerprint density at radius 2 is 1.68 bits per heavy atom. The van der Waals surface area contributed by atoms with Crippen molar-refractivity contribution in [3.63, 3.8) is 0 Å². The van der Waals surface area contributed by atoms with Gasteiger partial charge in [-0.1, -0.05) is 60.7 Å². The van der Waals surface area contributed by atoms with E-state index in [9.17, 15) is 4.79 Å². The maximum atomic E-state index is 10.6. The highest BCUT2D eigenvalue weighted by Gasteiger charge is 2.47. The van der Waals surface area contributed by atoms with E-state index in [-0.39, 0.29) is 18.3 Å². The van der Waals surface area contributed by atoms with Crippen LogP contribution in [0.15, 0.2) is 77.2 Å². The summed E-state index contributed by atoms with van der Waals surface area (Å²) in [7, 11) is 0. The molecule has 1 saturated carbocycles. The second-order valence-electron chi connectivity index (χ2n) is 9.31. The van der Waals surface area contributed by atoms with Gasteiger partial charge in [0.2, 0.25) is 6.08 Å². The van der Waals surface area contributed by atoms with Crippen LogP contribution < -0.4 is 0 Å². The highest BCUT2D eigenvalue weighted by atomic mass is 16.6. The van der Waals surface area contributed by atoms with Crippen molar-refractivity contribution in [1.29, 1.82) is 0 Å². The molecule has 2 aromatic rings. The van der Waals surface area contributed by atoms with Gasteiger partial charge in [0.25, 0.3) is 0 Å². The minimum Gasteiger partial charge on any atom is -0.375 e. The number of isocyanates is 1. The molecule has 6 atom stereocenters. The molecule has 1 saturated heterocycles. The summed E-state index contributed by atoms with van der Waals surface area (Å²) < 4.78 is 13.0. The van der Waals surface area contributed by atoms with Gasteiger partial charge < -0.3 is 9.47 Å². The Bertz CT molecular complexity index is 901. The summed E-state index contributed by atoms with van der Waals surface area (Å²) >= 11 is 0. The van der Waals surface area contributed by atoms with Gasteiger partial charge >= 0.3 is 0 Å². The lowest BCUT2D eigenvalue weighted by Crippen LogP contribution is -2.29. The summed E-state index contributed by atoms with van der Waals surface area (Å²) in [4.78, 5) is 18.5. The fourth-order valence-corrected chi connectivity index (χ4v) is 5.67. The van der Waals surface area contributed by atoms with Crippen LogP contribution in [0.25, 0.3) is 0 Å². The number of aliphatic imine (C=N–C) groups is 2. The van der Waals surface area contributed by atoms with Crippen molar-refractivity contribution < 1.29 is 14.3 Å². The van der Waals surface area contributed by atoms with Crippen LogP contribution in [0.4, 0.5) is 0 Å². The number of rotatable bonds is 12. The molecule has 5 heteroatoms. The van der Waals surface area contributed by atoms with E-state index in [4.69, 9.17) is 9.47 Å². The van der Waals surface area contributed by atoms with Crippen LogP contribution >= 0.6 is 0 Å². The quantitative estimate of drug-likeness (QED) is 0.303. The van der Waals surface area contributed by atoms with Crippen LogP contribution in [-0.4, -0.2) is 43.9 Å². The Balaban J connectivity index is 1.41. The topological polar surface area (TPSA) is 60.2 Å². The summed E-state index contributed by atoms with van der Waals surface area (Å²) in [6.07, 6.45) is 6.63. The van der Waals surface area contributed by atoms with Gasteiger partial charge in [-0.3, -0.25) is 0 Å². The van der Waals surface area contributed by atoms with Crippen LogP contribution in [0.3, 0.4) is 0 Å². The third-order valence-electron chi connectivity index (χ3n) is 7.32. The molecule has 1 aliphatic heterocycles. The molecule has 1 heterocycles. The molecule has 34 heavy (non-hydrogen) atoms. The number of carbonyl (C=O) groups excluding carboxylic acids is 1. The van der Waals surface area contributed by atoms with Gasteiger partial charge in [0.1, 0.15) is 0 Å². The van der Waals surface area contributed by atoms with E-state index in [2.05, 4.69) is 64.9 Å². The summed E-state index contributed by atoms with van der Waals surface area (Å²) in [5, 5.41) is 0. The molecule has 0 aromatic heterocycles. The number of ether oxygens (including phenoxy) is 2. The minimum atomic E-state index is -0.0986. The van der Waals surface area contributed by atoms with Crippen molar-refractivity contribution >= 4 is 11.9 Å². The molecule has 0 radical (unpaired) electrons. The Morgan fingerprint density at radius 3 is 2.38 bits per heavy atom. The average molecular weight is 459 g/mol. The van der Waals surface area contributed by atoms with Crippen LogP contribution in [-0.2, 0) is 14.3 Å².